The Kier molecular flexibility index (Phi) is 5.89. The van der Waals surface area contributed by atoms with Crippen molar-refractivity contribution < 1.29 is 14.3 Å². The zero-order valence-corrected chi connectivity index (χ0v) is 19.3. The first-order valence-corrected chi connectivity index (χ1v) is 11.9. The minimum atomic E-state index is -3.49. The molecule has 2 aromatic heterocycles. The highest BCUT2D eigenvalue weighted by atomic mass is 32.2. The van der Waals surface area contributed by atoms with Gasteiger partial charge in [-0.3, -0.25) is 0 Å². The van der Waals surface area contributed by atoms with Gasteiger partial charge in [-0.05, 0) is 38.6 Å². The lowest BCUT2D eigenvalue weighted by Crippen LogP contribution is -2.13. The first-order chi connectivity index (χ1) is 16.2. The molecule has 4 rings (SSSR count). The average molecular weight is 465 g/mol. The fraction of sp³-hybridized carbons (Fsp3) is 0.208. The fourth-order valence-corrected chi connectivity index (χ4v) is 4.27. The van der Waals surface area contributed by atoms with Crippen LogP contribution in [0.25, 0.3) is 34.0 Å². The summed E-state index contributed by atoms with van der Waals surface area (Å²) >= 11 is 0. The summed E-state index contributed by atoms with van der Waals surface area (Å²) in [6, 6.07) is 14.0. The SMILES string of the molecule is [2H]c1cc(S(=O)(=O)C(C)C)ccc1-c1cnc(N)c(-c2cc(-c3ccc(CNC)cc3)no2)n1. The highest BCUT2D eigenvalue weighted by molar-refractivity contribution is 7.92. The van der Waals surface area contributed by atoms with E-state index < -0.39 is 15.1 Å². The van der Waals surface area contributed by atoms with Crippen LogP contribution in [0.1, 0.15) is 20.8 Å². The van der Waals surface area contributed by atoms with Gasteiger partial charge in [-0.2, -0.15) is 0 Å². The van der Waals surface area contributed by atoms with Crippen molar-refractivity contribution >= 4 is 15.7 Å². The predicted octanol–water partition coefficient (Wildman–Crippen LogP) is 3.95. The van der Waals surface area contributed by atoms with E-state index in [2.05, 4.69) is 20.4 Å². The number of sulfone groups is 1. The van der Waals surface area contributed by atoms with Crippen molar-refractivity contribution in [3.8, 4) is 34.0 Å². The minimum absolute atomic E-state index is 0.0201. The van der Waals surface area contributed by atoms with Crippen molar-refractivity contribution in [2.45, 2.75) is 30.5 Å². The molecule has 33 heavy (non-hydrogen) atoms. The summed E-state index contributed by atoms with van der Waals surface area (Å²) in [5.41, 5.74) is 9.81. The molecule has 9 heteroatoms. The molecule has 0 unspecified atom stereocenters. The van der Waals surface area contributed by atoms with E-state index in [0.717, 1.165) is 17.7 Å². The third-order valence-corrected chi connectivity index (χ3v) is 7.34. The summed E-state index contributed by atoms with van der Waals surface area (Å²) < 4.78 is 38.7. The zero-order valence-electron chi connectivity index (χ0n) is 19.5. The molecule has 0 aliphatic rings. The van der Waals surface area contributed by atoms with Crippen molar-refractivity contribution in [1.29, 1.82) is 0 Å². The highest BCUT2D eigenvalue weighted by Crippen LogP contribution is 2.30. The van der Waals surface area contributed by atoms with E-state index in [1.165, 1.54) is 18.3 Å². The lowest BCUT2D eigenvalue weighted by Gasteiger charge is -2.09. The molecule has 0 bridgehead atoms. The summed E-state index contributed by atoms with van der Waals surface area (Å²) in [6.45, 7) is 3.98. The van der Waals surface area contributed by atoms with Crippen LogP contribution in [0.15, 0.2) is 70.2 Å². The van der Waals surface area contributed by atoms with Gasteiger partial charge in [0.2, 0.25) is 0 Å². The molecule has 0 aliphatic carbocycles. The van der Waals surface area contributed by atoms with Crippen LogP contribution in [-0.2, 0) is 16.4 Å². The Bertz CT molecular complexity index is 1430. The van der Waals surface area contributed by atoms with Crippen LogP contribution in [0.3, 0.4) is 0 Å². The Morgan fingerprint density at radius 3 is 2.48 bits per heavy atom. The Morgan fingerprint density at radius 1 is 1.09 bits per heavy atom. The summed E-state index contributed by atoms with van der Waals surface area (Å²) in [5, 5.41) is 6.66. The van der Waals surface area contributed by atoms with Crippen LogP contribution in [0, 0.1) is 0 Å². The number of hydrogen-bond acceptors (Lipinski definition) is 8. The van der Waals surface area contributed by atoms with Crippen LogP contribution >= 0.6 is 0 Å². The maximum atomic E-state index is 12.4. The van der Waals surface area contributed by atoms with E-state index >= 15 is 0 Å². The molecule has 0 fully saturated rings. The van der Waals surface area contributed by atoms with E-state index in [0.29, 0.717) is 28.4 Å². The summed E-state index contributed by atoms with van der Waals surface area (Å²) in [5.74, 6) is 0.494. The molecule has 3 N–H and O–H groups in total. The average Bonchev–Trinajstić information content (AvgIpc) is 3.30. The molecule has 0 atom stereocenters. The van der Waals surface area contributed by atoms with E-state index in [4.69, 9.17) is 11.6 Å². The number of nitrogens with one attached hydrogen (secondary N) is 1. The summed E-state index contributed by atoms with van der Waals surface area (Å²) in [7, 11) is -1.60. The second kappa shape index (κ2) is 9.13. The molecule has 0 spiro atoms. The van der Waals surface area contributed by atoms with Gasteiger partial charge >= 0.3 is 0 Å². The molecular formula is C24H25N5O3S. The van der Waals surface area contributed by atoms with E-state index in [-0.39, 0.29) is 16.8 Å². The molecule has 0 amide bonds. The Labute approximate surface area is 194 Å². The van der Waals surface area contributed by atoms with Gasteiger partial charge < -0.3 is 15.6 Å². The fourth-order valence-electron chi connectivity index (χ4n) is 3.25. The molecule has 0 saturated carbocycles. The second-order valence-corrected chi connectivity index (χ2v) is 10.3. The number of nitrogen functional groups attached to an aromatic ring is 1. The lowest BCUT2D eigenvalue weighted by atomic mass is 10.1. The summed E-state index contributed by atoms with van der Waals surface area (Å²) in [4.78, 5) is 8.85. The van der Waals surface area contributed by atoms with E-state index in [1.54, 1.807) is 26.0 Å². The third-order valence-electron chi connectivity index (χ3n) is 5.18. The normalized spacial score (nSPS) is 12.2. The van der Waals surface area contributed by atoms with Gasteiger partial charge in [-0.15, -0.1) is 0 Å². The molecule has 2 heterocycles. The Morgan fingerprint density at radius 2 is 1.82 bits per heavy atom. The van der Waals surface area contributed by atoms with E-state index in [9.17, 15) is 8.42 Å². The van der Waals surface area contributed by atoms with Gasteiger partial charge in [0.05, 0.1) is 23.4 Å². The van der Waals surface area contributed by atoms with Gasteiger partial charge in [0.15, 0.2) is 27.1 Å². The van der Waals surface area contributed by atoms with Gasteiger partial charge in [0, 0.05) is 23.7 Å². The largest absolute Gasteiger partial charge is 0.382 e. The first-order valence-electron chi connectivity index (χ1n) is 10.9. The third kappa shape index (κ3) is 4.64. The van der Waals surface area contributed by atoms with Crippen molar-refractivity contribution in [3.05, 3.63) is 66.3 Å². The topological polar surface area (TPSA) is 124 Å². The number of benzene rings is 2. The molecule has 8 nitrogen and oxygen atoms in total. The van der Waals surface area contributed by atoms with Crippen LogP contribution in [-0.4, -0.2) is 35.8 Å². The monoisotopic (exact) mass is 464 g/mol. The van der Waals surface area contributed by atoms with E-state index in [1.807, 2.05) is 31.3 Å². The Balaban J connectivity index is 1.67. The second-order valence-electron chi connectivity index (χ2n) is 7.82. The number of hydrogen-bond donors (Lipinski definition) is 2. The molecule has 170 valence electrons. The summed E-state index contributed by atoms with van der Waals surface area (Å²) in [6.07, 6.45) is 1.45. The predicted molar refractivity (Wildman–Crippen MR) is 128 cm³/mol. The maximum absolute atomic E-state index is 12.4. The van der Waals surface area contributed by atoms with Crippen molar-refractivity contribution in [2.75, 3.05) is 12.8 Å². The molecule has 0 radical (unpaired) electrons. The molecule has 0 saturated heterocycles. The molecule has 4 aromatic rings. The molecule has 0 aliphatic heterocycles. The van der Waals surface area contributed by atoms with Crippen molar-refractivity contribution in [1.82, 2.24) is 20.4 Å². The maximum Gasteiger partial charge on any atom is 0.189 e. The molecular weight excluding hydrogens is 438 g/mol. The highest BCUT2D eigenvalue weighted by Gasteiger charge is 2.20. The quantitative estimate of drug-likeness (QED) is 0.421. The smallest absolute Gasteiger partial charge is 0.189 e. The van der Waals surface area contributed by atoms with Crippen LogP contribution in [0.5, 0.6) is 0 Å². The van der Waals surface area contributed by atoms with Gasteiger partial charge in [-0.1, -0.05) is 41.5 Å². The van der Waals surface area contributed by atoms with Gasteiger partial charge in [-0.25, -0.2) is 18.4 Å². The number of nitrogens with two attached hydrogens (primary N) is 1. The van der Waals surface area contributed by atoms with Gasteiger partial charge in [0.25, 0.3) is 0 Å². The standard InChI is InChI=1S/C24H25N5O3S/c1-15(2)33(30,31)19-10-8-18(9-11-19)21-14-27-24(25)23(28-21)22-12-20(29-32-22)17-6-4-16(5-7-17)13-26-3/h4-12,14-15,26H,13H2,1-3H3,(H2,25,27)/i8D. The van der Waals surface area contributed by atoms with Crippen LogP contribution in [0.2, 0.25) is 0 Å². The van der Waals surface area contributed by atoms with Crippen LogP contribution in [0.4, 0.5) is 5.82 Å². The minimum Gasteiger partial charge on any atom is -0.382 e. The first kappa shape index (κ1) is 21.3. The van der Waals surface area contributed by atoms with Crippen molar-refractivity contribution in [2.24, 2.45) is 0 Å². The zero-order chi connectivity index (χ0) is 24.5. The number of nitrogens with zero attached hydrogens (tertiary/aromatic N) is 3. The van der Waals surface area contributed by atoms with Crippen molar-refractivity contribution in [3.63, 3.8) is 0 Å². The van der Waals surface area contributed by atoms with Gasteiger partial charge in [0.1, 0.15) is 5.69 Å². The lowest BCUT2D eigenvalue weighted by molar-refractivity contribution is 0.434. The number of anilines is 1. The number of rotatable bonds is 7. The molecule has 2 aromatic carbocycles. The van der Waals surface area contributed by atoms with Crippen LogP contribution < -0.4 is 11.1 Å². The number of aromatic nitrogens is 3. The Hall–Kier alpha value is -3.56.